The van der Waals surface area contributed by atoms with Crippen molar-refractivity contribution in [1.29, 1.82) is 0 Å². The van der Waals surface area contributed by atoms with Crippen molar-refractivity contribution in [2.45, 2.75) is 309 Å². The van der Waals surface area contributed by atoms with Crippen LogP contribution >= 0.6 is 0 Å². The summed E-state index contributed by atoms with van der Waals surface area (Å²) in [4.78, 5) is 38.2. The van der Waals surface area contributed by atoms with E-state index in [4.69, 9.17) is 14.2 Å². The van der Waals surface area contributed by atoms with Crippen LogP contribution in [0.3, 0.4) is 0 Å². The molecule has 1 atom stereocenters. The number of carbonyl (C=O) groups is 3. The van der Waals surface area contributed by atoms with Crippen molar-refractivity contribution in [1.82, 2.24) is 0 Å². The predicted molar refractivity (Wildman–Crippen MR) is 307 cm³/mol. The molecule has 6 nitrogen and oxygen atoms in total. The minimum atomic E-state index is -0.807. The molecule has 0 saturated heterocycles. The number of carbonyl (C=O) groups excluding carboxylic acids is 3. The molecule has 6 heteroatoms. The first kappa shape index (κ1) is 67.8. The Balaban J connectivity index is 4.45. The SMILES string of the molecule is CCCCC/C=C\C/C=C\CCCCCCCCCC(=O)OC[C@H](COC(=O)CCCCCCCCCCC/C=C\CCCCCCCC)OC(=O)CCC/C=C\C/C=C\C/C=C\CCCCCCCC. The summed E-state index contributed by atoms with van der Waals surface area (Å²) in [6.45, 7) is 6.58. The van der Waals surface area contributed by atoms with E-state index in [9.17, 15) is 14.4 Å². The zero-order chi connectivity index (χ0) is 51.4. The molecule has 0 fully saturated rings. The number of ether oxygens (including phenoxy) is 3. The Morgan fingerprint density at radius 2 is 0.521 bits per heavy atom. The van der Waals surface area contributed by atoms with E-state index in [2.05, 4.69) is 93.7 Å². The summed E-state index contributed by atoms with van der Waals surface area (Å²) in [6, 6.07) is 0. The maximum atomic E-state index is 12.9. The molecule has 0 unspecified atom stereocenters. The quantitative estimate of drug-likeness (QED) is 0.0261. The van der Waals surface area contributed by atoms with Crippen LogP contribution in [-0.4, -0.2) is 37.2 Å². The molecule has 0 bridgehead atoms. The Bertz CT molecular complexity index is 1320. The summed E-state index contributed by atoms with van der Waals surface area (Å²) < 4.78 is 16.9. The zero-order valence-electron chi connectivity index (χ0n) is 47.0. The smallest absolute Gasteiger partial charge is 0.306 e. The van der Waals surface area contributed by atoms with Crippen LogP contribution < -0.4 is 0 Å². The highest BCUT2D eigenvalue weighted by atomic mass is 16.6. The van der Waals surface area contributed by atoms with Crippen molar-refractivity contribution in [3.8, 4) is 0 Å². The topological polar surface area (TPSA) is 78.9 Å². The highest BCUT2D eigenvalue weighted by Crippen LogP contribution is 2.15. The largest absolute Gasteiger partial charge is 0.462 e. The van der Waals surface area contributed by atoms with E-state index in [1.165, 1.54) is 186 Å². The molecule has 0 aliphatic rings. The molecule has 0 spiro atoms. The molecule has 0 aliphatic carbocycles. The van der Waals surface area contributed by atoms with Gasteiger partial charge in [0.1, 0.15) is 13.2 Å². The first-order valence-electron chi connectivity index (χ1n) is 30.4. The second-order valence-corrected chi connectivity index (χ2v) is 20.2. The fourth-order valence-corrected chi connectivity index (χ4v) is 8.54. The molecule has 0 N–H and O–H groups in total. The van der Waals surface area contributed by atoms with Crippen LogP contribution in [0.4, 0.5) is 0 Å². The van der Waals surface area contributed by atoms with Gasteiger partial charge >= 0.3 is 17.9 Å². The number of allylic oxidation sites excluding steroid dienone is 12. The Morgan fingerprint density at radius 3 is 0.873 bits per heavy atom. The number of hydrogen-bond acceptors (Lipinski definition) is 6. The van der Waals surface area contributed by atoms with Gasteiger partial charge in [0.05, 0.1) is 0 Å². The van der Waals surface area contributed by atoms with Crippen LogP contribution in [0.1, 0.15) is 303 Å². The normalized spacial score (nSPS) is 12.5. The number of esters is 3. The number of hydrogen-bond donors (Lipinski definition) is 0. The molecular weight excluding hydrogens is 877 g/mol. The van der Waals surface area contributed by atoms with Crippen LogP contribution in [0.5, 0.6) is 0 Å². The minimum Gasteiger partial charge on any atom is -0.462 e. The van der Waals surface area contributed by atoms with E-state index in [0.29, 0.717) is 19.3 Å². The Morgan fingerprint density at radius 1 is 0.282 bits per heavy atom. The molecule has 0 rings (SSSR count). The van der Waals surface area contributed by atoms with Crippen molar-refractivity contribution in [3.05, 3.63) is 72.9 Å². The van der Waals surface area contributed by atoms with Gasteiger partial charge in [0.25, 0.3) is 0 Å². The van der Waals surface area contributed by atoms with Crippen LogP contribution in [0.2, 0.25) is 0 Å². The maximum Gasteiger partial charge on any atom is 0.306 e. The van der Waals surface area contributed by atoms with Crippen molar-refractivity contribution in [3.63, 3.8) is 0 Å². The third-order valence-electron chi connectivity index (χ3n) is 13.2. The van der Waals surface area contributed by atoms with Crippen molar-refractivity contribution < 1.29 is 28.6 Å². The van der Waals surface area contributed by atoms with E-state index in [1.807, 2.05) is 0 Å². The van der Waals surface area contributed by atoms with Gasteiger partial charge < -0.3 is 14.2 Å². The molecule has 0 aromatic carbocycles. The minimum absolute atomic E-state index is 0.0980. The van der Waals surface area contributed by atoms with E-state index in [0.717, 1.165) is 70.6 Å². The lowest BCUT2D eigenvalue weighted by Crippen LogP contribution is -2.30. The fourth-order valence-electron chi connectivity index (χ4n) is 8.54. The molecule has 0 aliphatic heterocycles. The molecular formula is C65H114O6. The van der Waals surface area contributed by atoms with Crippen LogP contribution in [0.15, 0.2) is 72.9 Å². The van der Waals surface area contributed by atoms with Crippen molar-refractivity contribution in [2.24, 2.45) is 0 Å². The van der Waals surface area contributed by atoms with E-state index in [-0.39, 0.29) is 37.5 Å². The van der Waals surface area contributed by atoms with Gasteiger partial charge in [-0.05, 0) is 109 Å². The highest BCUT2D eigenvalue weighted by Gasteiger charge is 2.19. The van der Waals surface area contributed by atoms with Gasteiger partial charge in [-0.25, -0.2) is 0 Å². The second kappa shape index (κ2) is 59.4. The number of unbranched alkanes of at least 4 members (excludes halogenated alkanes) is 32. The van der Waals surface area contributed by atoms with Gasteiger partial charge in [-0.1, -0.05) is 248 Å². The van der Waals surface area contributed by atoms with Gasteiger partial charge in [0.2, 0.25) is 0 Å². The van der Waals surface area contributed by atoms with Gasteiger partial charge in [-0.2, -0.15) is 0 Å². The molecule has 410 valence electrons. The lowest BCUT2D eigenvalue weighted by Gasteiger charge is -2.18. The van der Waals surface area contributed by atoms with Crippen LogP contribution in [0, 0.1) is 0 Å². The summed E-state index contributed by atoms with van der Waals surface area (Å²) in [7, 11) is 0. The van der Waals surface area contributed by atoms with E-state index < -0.39 is 6.10 Å². The first-order chi connectivity index (χ1) is 35.0. The van der Waals surface area contributed by atoms with E-state index in [1.54, 1.807) is 0 Å². The summed E-state index contributed by atoms with van der Waals surface area (Å²) >= 11 is 0. The summed E-state index contributed by atoms with van der Waals surface area (Å²) in [6.07, 6.45) is 76.1. The van der Waals surface area contributed by atoms with Crippen LogP contribution in [0.25, 0.3) is 0 Å². The Labute approximate surface area is 440 Å². The molecule has 0 aromatic rings. The zero-order valence-corrected chi connectivity index (χ0v) is 47.0. The molecule has 0 saturated carbocycles. The third-order valence-corrected chi connectivity index (χ3v) is 13.2. The summed E-state index contributed by atoms with van der Waals surface area (Å²) in [5.74, 6) is -0.950. The van der Waals surface area contributed by atoms with Gasteiger partial charge in [-0.15, -0.1) is 0 Å². The predicted octanol–water partition coefficient (Wildman–Crippen LogP) is 20.5. The van der Waals surface area contributed by atoms with Gasteiger partial charge in [0.15, 0.2) is 6.10 Å². The third kappa shape index (κ3) is 57.6. The lowest BCUT2D eigenvalue weighted by molar-refractivity contribution is -0.167. The average molecular weight is 992 g/mol. The van der Waals surface area contributed by atoms with E-state index >= 15 is 0 Å². The summed E-state index contributed by atoms with van der Waals surface area (Å²) in [5.41, 5.74) is 0. The fraction of sp³-hybridized carbons (Fsp3) is 0.769. The number of rotatable bonds is 55. The second-order valence-electron chi connectivity index (χ2n) is 20.2. The Kier molecular flexibility index (Phi) is 56.8. The molecule has 0 heterocycles. The van der Waals surface area contributed by atoms with Gasteiger partial charge in [-0.3, -0.25) is 14.4 Å². The van der Waals surface area contributed by atoms with Crippen molar-refractivity contribution >= 4 is 17.9 Å². The summed E-state index contributed by atoms with van der Waals surface area (Å²) in [5, 5.41) is 0. The standard InChI is InChI=1S/C65H114O6/c1-4-7-10-13-16-19-22-25-28-31-32-35-37-40-43-46-49-52-55-58-64(67)70-61-62(71-65(68)59-56-53-50-47-44-41-38-34-30-27-24-21-18-15-12-9-6-3)60-69-63(66)57-54-51-48-45-42-39-36-33-29-26-23-20-17-14-11-8-5-2/h17,20,25-30,38,41,47,50,62H,4-16,18-19,21-24,31-37,39-40,42-46,48-49,51-61H2,1-3H3/b20-17-,28-25-,29-26-,30-27-,41-38-,50-47-/t62-/m1/s1. The molecule has 71 heavy (non-hydrogen) atoms. The molecule has 0 amide bonds. The molecule has 0 radical (unpaired) electrons. The lowest BCUT2D eigenvalue weighted by atomic mass is 10.1. The average Bonchev–Trinajstić information content (AvgIpc) is 3.37. The monoisotopic (exact) mass is 991 g/mol. The first-order valence-corrected chi connectivity index (χ1v) is 30.4. The van der Waals surface area contributed by atoms with Crippen LogP contribution in [-0.2, 0) is 28.6 Å². The molecule has 0 aromatic heterocycles. The highest BCUT2D eigenvalue weighted by molar-refractivity contribution is 5.71. The Hall–Kier alpha value is -3.15. The van der Waals surface area contributed by atoms with Crippen molar-refractivity contribution in [2.75, 3.05) is 13.2 Å². The van der Waals surface area contributed by atoms with Gasteiger partial charge in [0, 0.05) is 19.3 Å². The maximum absolute atomic E-state index is 12.9.